The van der Waals surface area contributed by atoms with Crippen LogP contribution in [0.2, 0.25) is 0 Å². The number of nitro groups is 1. The van der Waals surface area contributed by atoms with Gasteiger partial charge in [-0.2, -0.15) is 0 Å². The number of rotatable bonds is 3. The highest BCUT2D eigenvalue weighted by atomic mass is 16.6. The maximum atomic E-state index is 10.8. The van der Waals surface area contributed by atoms with E-state index in [0.29, 0.717) is 24.6 Å². The summed E-state index contributed by atoms with van der Waals surface area (Å²) in [6.45, 7) is 6.58. The monoisotopic (exact) mass is 281 g/mol. The van der Waals surface area contributed by atoms with E-state index >= 15 is 0 Å². The molecule has 1 atom stereocenters. The number of anilines is 1. The van der Waals surface area contributed by atoms with Crippen molar-refractivity contribution in [3.05, 3.63) is 27.9 Å². The lowest BCUT2D eigenvalue weighted by molar-refractivity contribution is -0.385. The summed E-state index contributed by atoms with van der Waals surface area (Å²) in [5.74, 6) is 0.669. The third-order valence-corrected chi connectivity index (χ3v) is 3.25. The van der Waals surface area contributed by atoms with E-state index in [2.05, 4.69) is 4.98 Å². The Hall–Kier alpha value is -1.73. The summed E-state index contributed by atoms with van der Waals surface area (Å²) < 4.78 is 5.74. The Kier molecular flexibility index (Phi) is 3.92. The lowest BCUT2D eigenvalue weighted by atomic mass is 10.1. The highest BCUT2D eigenvalue weighted by molar-refractivity contribution is 5.47. The summed E-state index contributed by atoms with van der Waals surface area (Å²) in [5.41, 5.74) is 0.000505. The molecule has 2 rings (SSSR count). The average molecular weight is 281 g/mol. The minimum atomic E-state index is -0.439. The van der Waals surface area contributed by atoms with Crippen molar-refractivity contribution in [1.29, 1.82) is 0 Å². The molecule has 110 valence electrons. The second-order valence-corrected chi connectivity index (χ2v) is 5.59. The van der Waals surface area contributed by atoms with Crippen molar-refractivity contribution in [2.45, 2.75) is 32.5 Å². The van der Waals surface area contributed by atoms with Crippen molar-refractivity contribution in [3.63, 3.8) is 0 Å². The second kappa shape index (κ2) is 5.34. The van der Waals surface area contributed by atoms with Gasteiger partial charge < -0.3 is 14.7 Å². The highest BCUT2D eigenvalue weighted by Crippen LogP contribution is 2.27. The van der Waals surface area contributed by atoms with Crippen LogP contribution in [0.15, 0.2) is 12.1 Å². The Bertz CT molecular complexity index is 518. The van der Waals surface area contributed by atoms with E-state index in [0.717, 1.165) is 0 Å². The molecule has 0 aromatic carbocycles. The van der Waals surface area contributed by atoms with Crippen molar-refractivity contribution in [2.75, 3.05) is 24.6 Å². The number of aliphatic hydroxyl groups excluding tert-OH is 1. The zero-order valence-corrected chi connectivity index (χ0v) is 11.9. The van der Waals surface area contributed by atoms with Gasteiger partial charge in [-0.3, -0.25) is 10.1 Å². The molecule has 2 heterocycles. The Morgan fingerprint density at radius 2 is 2.30 bits per heavy atom. The van der Waals surface area contributed by atoms with Gasteiger partial charge in [-0.25, -0.2) is 4.98 Å². The van der Waals surface area contributed by atoms with Crippen LogP contribution in [-0.4, -0.2) is 46.4 Å². The molecule has 7 heteroatoms. The molecule has 0 aliphatic carbocycles. The molecule has 0 radical (unpaired) electrons. The molecular formula is C13H19N3O4. The van der Waals surface area contributed by atoms with Crippen LogP contribution in [0, 0.1) is 17.0 Å². The molecular weight excluding hydrogens is 262 g/mol. The molecule has 1 saturated heterocycles. The number of aliphatic hydroxyl groups is 1. The molecule has 1 aromatic rings. The first-order valence-electron chi connectivity index (χ1n) is 6.48. The Morgan fingerprint density at radius 3 is 2.85 bits per heavy atom. The summed E-state index contributed by atoms with van der Waals surface area (Å²) in [6, 6.07) is 3.11. The third kappa shape index (κ3) is 3.05. The van der Waals surface area contributed by atoms with Crippen LogP contribution in [0.1, 0.15) is 19.5 Å². The van der Waals surface area contributed by atoms with Gasteiger partial charge in [-0.15, -0.1) is 0 Å². The number of nitrogens with zero attached hydrogens (tertiary/aromatic N) is 3. The fraction of sp³-hybridized carbons (Fsp3) is 0.615. The molecule has 0 amide bonds. The fourth-order valence-electron chi connectivity index (χ4n) is 2.47. The van der Waals surface area contributed by atoms with Gasteiger partial charge in [0.15, 0.2) is 0 Å². The van der Waals surface area contributed by atoms with Gasteiger partial charge in [0.1, 0.15) is 11.5 Å². The average Bonchev–Trinajstić information content (AvgIpc) is 2.36. The molecule has 1 aromatic heterocycles. The van der Waals surface area contributed by atoms with Crippen LogP contribution >= 0.6 is 0 Å². The quantitative estimate of drug-likeness (QED) is 0.663. The second-order valence-electron chi connectivity index (χ2n) is 5.59. The van der Waals surface area contributed by atoms with Gasteiger partial charge in [0, 0.05) is 19.2 Å². The van der Waals surface area contributed by atoms with Gasteiger partial charge in [0.2, 0.25) is 0 Å². The van der Waals surface area contributed by atoms with Crippen LogP contribution in [-0.2, 0) is 4.74 Å². The molecule has 1 fully saturated rings. The fourth-order valence-corrected chi connectivity index (χ4v) is 2.47. The van der Waals surface area contributed by atoms with E-state index < -0.39 is 10.5 Å². The van der Waals surface area contributed by atoms with Crippen molar-refractivity contribution in [2.24, 2.45) is 0 Å². The molecule has 0 bridgehead atoms. The van der Waals surface area contributed by atoms with E-state index in [1.165, 1.54) is 6.07 Å². The molecule has 7 nitrogen and oxygen atoms in total. The third-order valence-electron chi connectivity index (χ3n) is 3.25. The Balaban J connectivity index is 2.26. The highest BCUT2D eigenvalue weighted by Gasteiger charge is 2.34. The maximum absolute atomic E-state index is 10.8. The zero-order chi connectivity index (χ0) is 14.9. The van der Waals surface area contributed by atoms with Crippen LogP contribution in [0.4, 0.5) is 11.5 Å². The lowest BCUT2D eigenvalue weighted by Crippen LogP contribution is -2.54. The van der Waals surface area contributed by atoms with E-state index in [-0.39, 0.29) is 18.4 Å². The van der Waals surface area contributed by atoms with Crippen LogP contribution < -0.4 is 4.90 Å². The summed E-state index contributed by atoms with van der Waals surface area (Å²) in [7, 11) is 0. The van der Waals surface area contributed by atoms with Gasteiger partial charge in [-0.1, -0.05) is 0 Å². The zero-order valence-electron chi connectivity index (χ0n) is 11.9. The Labute approximate surface area is 117 Å². The minimum Gasteiger partial charge on any atom is -0.394 e. The largest absolute Gasteiger partial charge is 0.394 e. The predicted molar refractivity (Wildman–Crippen MR) is 73.9 cm³/mol. The summed E-state index contributed by atoms with van der Waals surface area (Å²) in [6.07, 6.45) is -0.281. The van der Waals surface area contributed by atoms with E-state index in [1.54, 1.807) is 13.0 Å². The van der Waals surface area contributed by atoms with E-state index in [9.17, 15) is 15.2 Å². The van der Waals surface area contributed by atoms with Crippen molar-refractivity contribution >= 4 is 11.5 Å². The first-order valence-corrected chi connectivity index (χ1v) is 6.48. The van der Waals surface area contributed by atoms with Crippen LogP contribution in [0.3, 0.4) is 0 Å². The number of pyridine rings is 1. The first-order chi connectivity index (χ1) is 9.32. The molecule has 1 N–H and O–H groups in total. The van der Waals surface area contributed by atoms with Crippen LogP contribution in [0.25, 0.3) is 0 Å². The number of hydrogen-bond acceptors (Lipinski definition) is 6. The van der Waals surface area contributed by atoms with Gasteiger partial charge in [0.25, 0.3) is 5.69 Å². The number of aryl methyl sites for hydroxylation is 1. The topological polar surface area (TPSA) is 88.7 Å². The smallest absolute Gasteiger partial charge is 0.290 e. The van der Waals surface area contributed by atoms with Crippen LogP contribution in [0.5, 0.6) is 0 Å². The van der Waals surface area contributed by atoms with Gasteiger partial charge >= 0.3 is 0 Å². The van der Waals surface area contributed by atoms with Crippen molar-refractivity contribution in [1.82, 2.24) is 4.98 Å². The molecule has 1 unspecified atom stereocenters. The number of morpholine rings is 1. The molecule has 1 aliphatic heterocycles. The predicted octanol–water partition coefficient (Wildman–Crippen LogP) is 1.27. The summed E-state index contributed by atoms with van der Waals surface area (Å²) in [5, 5.41) is 20.1. The molecule has 0 saturated carbocycles. The number of ether oxygens (including phenoxy) is 1. The summed E-state index contributed by atoms with van der Waals surface area (Å²) >= 11 is 0. The normalized spacial score (nSPS) is 21.8. The summed E-state index contributed by atoms with van der Waals surface area (Å²) in [4.78, 5) is 16.7. The SMILES string of the molecule is Cc1nc(N2CC(CO)OC(C)(C)C2)ccc1[N+](=O)[O-]. The van der Waals surface area contributed by atoms with Gasteiger partial charge in [-0.05, 0) is 26.8 Å². The molecule has 20 heavy (non-hydrogen) atoms. The standard InChI is InChI=1S/C13H19N3O4/c1-9-11(16(18)19)4-5-12(14-9)15-6-10(7-17)20-13(2,3)8-15/h4-5,10,17H,6-8H2,1-3H3. The number of hydrogen-bond donors (Lipinski definition) is 1. The molecule has 1 aliphatic rings. The van der Waals surface area contributed by atoms with Crippen molar-refractivity contribution in [3.8, 4) is 0 Å². The minimum absolute atomic E-state index is 0.0139. The Morgan fingerprint density at radius 1 is 1.60 bits per heavy atom. The lowest BCUT2D eigenvalue weighted by Gasteiger charge is -2.42. The van der Waals surface area contributed by atoms with E-state index in [4.69, 9.17) is 4.74 Å². The van der Waals surface area contributed by atoms with E-state index in [1.807, 2.05) is 18.7 Å². The molecule has 0 spiro atoms. The van der Waals surface area contributed by atoms with Gasteiger partial charge in [0.05, 0.1) is 23.2 Å². The first kappa shape index (κ1) is 14.7. The number of aromatic nitrogens is 1. The van der Waals surface area contributed by atoms with Crippen molar-refractivity contribution < 1.29 is 14.8 Å². The maximum Gasteiger partial charge on any atom is 0.290 e.